The van der Waals surface area contributed by atoms with Gasteiger partial charge in [0.2, 0.25) is 0 Å². The van der Waals surface area contributed by atoms with Gasteiger partial charge < -0.3 is 10.1 Å². The average molecular weight is 279 g/mol. The Labute approximate surface area is 122 Å². The first-order valence-corrected chi connectivity index (χ1v) is 6.50. The Kier molecular flexibility index (Phi) is 3.73. The van der Waals surface area contributed by atoms with Crippen molar-refractivity contribution < 1.29 is 9.53 Å². The number of nitrogens with one attached hydrogen (secondary N) is 1. The summed E-state index contributed by atoms with van der Waals surface area (Å²) in [4.78, 5) is 20.1. The van der Waals surface area contributed by atoms with Gasteiger partial charge in [-0.2, -0.15) is 0 Å². The molecular weight excluding hydrogens is 266 g/mol. The summed E-state index contributed by atoms with van der Waals surface area (Å²) in [5, 5.41) is 2.69. The van der Waals surface area contributed by atoms with Crippen molar-refractivity contribution in [2.24, 2.45) is 4.99 Å². The quantitative estimate of drug-likeness (QED) is 0.871. The molecule has 21 heavy (non-hydrogen) atoms. The van der Waals surface area contributed by atoms with Crippen molar-refractivity contribution in [1.29, 1.82) is 0 Å². The predicted octanol–water partition coefficient (Wildman–Crippen LogP) is 2.03. The van der Waals surface area contributed by atoms with Gasteiger partial charge in [0, 0.05) is 12.4 Å². The lowest BCUT2D eigenvalue weighted by Crippen LogP contribution is -2.28. The van der Waals surface area contributed by atoms with E-state index in [1.54, 1.807) is 18.5 Å². The number of aromatic nitrogens is 1. The molecule has 2 heterocycles. The van der Waals surface area contributed by atoms with Crippen molar-refractivity contribution in [2.45, 2.75) is 0 Å². The summed E-state index contributed by atoms with van der Waals surface area (Å²) in [6, 6.07) is 13.1. The van der Waals surface area contributed by atoms with Crippen LogP contribution < -0.4 is 10.1 Å². The van der Waals surface area contributed by atoms with E-state index in [1.165, 1.54) is 0 Å². The number of carbonyl (C=O) groups excluding carboxylic acids is 1. The molecule has 0 bridgehead atoms. The highest BCUT2D eigenvalue weighted by atomic mass is 16.5. The number of hydrogen-bond donors (Lipinski definition) is 1. The molecule has 3 rings (SSSR count). The summed E-state index contributed by atoms with van der Waals surface area (Å²) >= 11 is 0. The Morgan fingerprint density at radius 3 is 2.76 bits per heavy atom. The number of amides is 1. The van der Waals surface area contributed by atoms with E-state index in [2.05, 4.69) is 15.3 Å². The van der Waals surface area contributed by atoms with E-state index >= 15 is 0 Å². The van der Waals surface area contributed by atoms with Crippen LogP contribution in [0.4, 0.5) is 0 Å². The molecule has 2 aromatic rings. The number of benzene rings is 1. The van der Waals surface area contributed by atoms with Crippen LogP contribution in [-0.2, 0) is 4.79 Å². The van der Waals surface area contributed by atoms with Crippen LogP contribution in [0, 0.1) is 0 Å². The molecule has 0 aliphatic carbocycles. The lowest BCUT2D eigenvalue weighted by Gasteiger charge is -2.04. The average Bonchev–Trinajstić information content (AvgIpc) is 2.87. The molecule has 1 aromatic carbocycles. The standard InChI is InChI=1S/C16H13N3O2/c20-16-14(9-12-5-4-8-17-10-12)18-15(19-16)11-21-13-6-2-1-3-7-13/h1-10H,11H2,(H,18,19,20)/b14-9+. The van der Waals surface area contributed by atoms with Gasteiger partial charge >= 0.3 is 0 Å². The Morgan fingerprint density at radius 1 is 1.14 bits per heavy atom. The molecule has 5 nitrogen and oxygen atoms in total. The van der Waals surface area contributed by atoms with Crippen LogP contribution in [0.3, 0.4) is 0 Å². The molecule has 104 valence electrons. The number of amidine groups is 1. The fourth-order valence-corrected chi connectivity index (χ4v) is 1.87. The Balaban J connectivity index is 1.69. The normalized spacial score (nSPS) is 15.7. The molecule has 5 heteroatoms. The molecule has 0 unspecified atom stereocenters. The number of rotatable bonds is 4. The lowest BCUT2D eigenvalue weighted by atomic mass is 10.2. The number of nitrogens with zero attached hydrogens (tertiary/aromatic N) is 2. The van der Waals surface area contributed by atoms with Gasteiger partial charge in [0.15, 0.2) is 0 Å². The van der Waals surface area contributed by atoms with E-state index in [0.29, 0.717) is 11.5 Å². The van der Waals surface area contributed by atoms with Gasteiger partial charge in [-0.05, 0) is 29.8 Å². The minimum Gasteiger partial charge on any atom is -0.486 e. The van der Waals surface area contributed by atoms with Crippen molar-refractivity contribution in [3.8, 4) is 5.75 Å². The van der Waals surface area contributed by atoms with Crippen molar-refractivity contribution in [2.75, 3.05) is 6.61 Å². The summed E-state index contributed by atoms with van der Waals surface area (Å²) in [7, 11) is 0. The number of hydrogen-bond acceptors (Lipinski definition) is 4. The SMILES string of the molecule is O=C1NC(COc2ccccc2)=N/C1=C/c1cccnc1. The van der Waals surface area contributed by atoms with E-state index in [4.69, 9.17) is 4.74 Å². The zero-order chi connectivity index (χ0) is 14.5. The van der Waals surface area contributed by atoms with Gasteiger partial charge in [0.25, 0.3) is 5.91 Å². The highest BCUT2D eigenvalue weighted by Gasteiger charge is 2.20. The smallest absolute Gasteiger partial charge is 0.275 e. The first-order chi connectivity index (χ1) is 10.3. The number of aliphatic imine (C=N–C) groups is 1. The van der Waals surface area contributed by atoms with E-state index in [0.717, 1.165) is 11.3 Å². The van der Waals surface area contributed by atoms with Crippen LogP contribution in [0.1, 0.15) is 5.56 Å². The fourth-order valence-electron chi connectivity index (χ4n) is 1.87. The molecular formula is C16H13N3O2. The van der Waals surface area contributed by atoms with Crippen molar-refractivity contribution in [1.82, 2.24) is 10.3 Å². The van der Waals surface area contributed by atoms with Gasteiger partial charge in [-0.15, -0.1) is 0 Å². The first kappa shape index (κ1) is 13.1. The van der Waals surface area contributed by atoms with Crippen molar-refractivity contribution in [3.05, 3.63) is 66.1 Å². The third-order valence-corrected chi connectivity index (χ3v) is 2.85. The number of ether oxygens (including phenoxy) is 1. The van der Waals surface area contributed by atoms with Crippen molar-refractivity contribution in [3.63, 3.8) is 0 Å². The topological polar surface area (TPSA) is 63.6 Å². The molecule has 1 aliphatic rings. The van der Waals surface area contributed by atoms with Crippen LogP contribution in [0.5, 0.6) is 5.75 Å². The Hall–Kier alpha value is -2.95. The number of pyridine rings is 1. The molecule has 0 radical (unpaired) electrons. The second-order valence-electron chi connectivity index (χ2n) is 4.43. The highest BCUT2D eigenvalue weighted by Crippen LogP contribution is 2.12. The molecule has 0 fully saturated rings. The zero-order valence-corrected chi connectivity index (χ0v) is 11.2. The first-order valence-electron chi connectivity index (χ1n) is 6.50. The second-order valence-corrected chi connectivity index (χ2v) is 4.43. The molecule has 0 atom stereocenters. The summed E-state index contributed by atoms with van der Waals surface area (Å²) in [6.07, 6.45) is 5.05. The van der Waals surface area contributed by atoms with Crippen LogP contribution in [0.2, 0.25) is 0 Å². The molecule has 1 N–H and O–H groups in total. The molecule has 0 saturated carbocycles. The van der Waals surface area contributed by atoms with Crippen LogP contribution in [-0.4, -0.2) is 23.3 Å². The van der Waals surface area contributed by atoms with Crippen LogP contribution >= 0.6 is 0 Å². The maximum atomic E-state index is 11.8. The van der Waals surface area contributed by atoms with Gasteiger partial charge in [-0.1, -0.05) is 24.3 Å². The molecule has 1 amide bonds. The number of carbonyl (C=O) groups is 1. The summed E-state index contributed by atoms with van der Waals surface area (Å²) in [5.41, 5.74) is 1.19. The fraction of sp³-hybridized carbons (Fsp3) is 0.0625. The minimum absolute atomic E-state index is 0.222. The summed E-state index contributed by atoms with van der Waals surface area (Å²) in [6.45, 7) is 0.222. The molecule has 0 saturated heterocycles. The summed E-state index contributed by atoms with van der Waals surface area (Å²) in [5.74, 6) is 1.00. The minimum atomic E-state index is -0.231. The lowest BCUT2D eigenvalue weighted by molar-refractivity contribution is -0.115. The Morgan fingerprint density at radius 2 is 2.00 bits per heavy atom. The molecule has 1 aromatic heterocycles. The predicted molar refractivity (Wildman–Crippen MR) is 79.7 cm³/mol. The van der Waals surface area contributed by atoms with Gasteiger partial charge in [-0.3, -0.25) is 9.78 Å². The van der Waals surface area contributed by atoms with E-state index in [1.807, 2.05) is 42.5 Å². The van der Waals surface area contributed by atoms with Crippen molar-refractivity contribution >= 4 is 17.8 Å². The maximum Gasteiger partial charge on any atom is 0.275 e. The van der Waals surface area contributed by atoms with E-state index < -0.39 is 0 Å². The van der Waals surface area contributed by atoms with Gasteiger partial charge in [-0.25, -0.2) is 4.99 Å². The second kappa shape index (κ2) is 6.00. The van der Waals surface area contributed by atoms with Gasteiger partial charge in [0.05, 0.1) is 0 Å². The van der Waals surface area contributed by atoms with E-state index in [-0.39, 0.29) is 12.5 Å². The van der Waals surface area contributed by atoms with Crippen LogP contribution in [0.15, 0.2) is 65.5 Å². The monoisotopic (exact) mass is 279 g/mol. The third kappa shape index (κ3) is 3.33. The number of para-hydroxylation sites is 1. The maximum absolute atomic E-state index is 11.8. The van der Waals surface area contributed by atoms with Crippen LogP contribution in [0.25, 0.3) is 6.08 Å². The zero-order valence-electron chi connectivity index (χ0n) is 11.2. The summed E-state index contributed by atoms with van der Waals surface area (Å²) < 4.78 is 5.55. The molecule has 0 spiro atoms. The Bertz CT molecular complexity index is 694. The van der Waals surface area contributed by atoms with Gasteiger partial charge in [0.1, 0.15) is 23.9 Å². The van der Waals surface area contributed by atoms with E-state index in [9.17, 15) is 4.79 Å². The third-order valence-electron chi connectivity index (χ3n) is 2.85. The highest BCUT2D eigenvalue weighted by molar-refractivity contribution is 6.14. The molecule has 1 aliphatic heterocycles. The largest absolute Gasteiger partial charge is 0.486 e.